The van der Waals surface area contributed by atoms with E-state index >= 15 is 0 Å². The number of rotatable bonds is 0. The SMILES string of the molecule is OCC#Cc1ccccn1.OCC#Cc1ccccn1. The van der Waals surface area contributed by atoms with Gasteiger partial charge in [-0.3, -0.25) is 0 Å². The van der Waals surface area contributed by atoms with Crippen molar-refractivity contribution in [3.05, 3.63) is 60.2 Å². The van der Waals surface area contributed by atoms with Crippen LogP contribution in [-0.2, 0) is 0 Å². The number of aliphatic hydroxyl groups excluding tert-OH is 2. The molecule has 20 heavy (non-hydrogen) atoms. The fourth-order valence-corrected chi connectivity index (χ4v) is 1.13. The Morgan fingerprint density at radius 3 is 1.50 bits per heavy atom. The fraction of sp³-hybridized carbons (Fsp3) is 0.125. The average Bonchev–Trinajstić information content (AvgIpc) is 2.53. The summed E-state index contributed by atoms with van der Waals surface area (Å²) in [6, 6.07) is 10.9. The molecule has 0 amide bonds. The molecule has 2 heterocycles. The fourth-order valence-electron chi connectivity index (χ4n) is 1.13. The van der Waals surface area contributed by atoms with Crippen molar-refractivity contribution in [2.45, 2.75) is 0 Å². The summed E-state index contributed by atoms with van der Waals surface area (Å²) in [5.74, 6) is 10.4. The number of aliphatic hydroxyl groups is 2. The Labute approximate surface area is 118 Å². The van der Waals surface area contributed by atoms with E-state index in [9.17, 15) is 0 Å². The summed E-state index contributed by atoms with van der Waals surface area (Å²) in [6.07, 6.45) is 3.34. The molecule has 0 aliphatic rings. The normalized spacial score (nSPS) is 8.10. The van der Waals surface area contributed by atoms with Crippen LogP contribution in [0.5, 0.6) is 0 Å². The van der Waals surface area contributed by atoms with E-state index < -0.39 is 0 Å². The second-order valence-electron chi connectivity index (χ2n) is 3.35. The zero-order valence-electron chi connectivity index (χ0n) is 10.8. The van der Waals surface area contributed by atoms with Crippen LogP contribution in [0.25, 0.3) is 0 Å². The Hall–Kier alpha value is -2.66. The highest BCUT2D eigenvalue weighted by molar-refractivity contribution is 5.27. The summed E-state index contributed by atoms with van der Waals surface area (Å²) in [7, 11) is 0. The Morgan fingerprint density at radius 2 is 1.20 bits per heavy atom. The van der Waals surface area contributed by atoms with Crippen molar-refractivity contribution in [2.24, 2.45) is 0 Å². The van der Waals surface area contributed by atoms with Crippen LogP contribution in [-0.4, -0.2) is 33.4 Å². The molecule has 0 bridgehead atoms. The lowest BCUT2D eigenvalue weighted by atomic mass is 10.3. The van der Waals surface area contributed by atoms with Crippen LogP contribution >= 0.6 is 0 Å². The van der Waals surface area contributed by atoms with Gasteiger partial charge in [0.1, 0.15) is 24.6 Å². The molecule has 0 atom stereocenters. The van der Waals surface area contributed by atoms with Crippen molar-refractivity contribution < 1.29 is 10.2 Å². The van der Waals surface area contributed by atoms with E-state index in [1.54, 1.807) is 24.5 Å². The lowest BCUT2D eigenvalue weighted by Gasteiger charge is -1.83. The lowest BCUT2D eigenvalue weighted by Crippen LogP contribution is -1.79. The number of aromatic nitrogens is 2. The quantitative estimate of drug-likeness (QED) is 0.694. The van der Waals surface area contributed by atoms with Gasteiger partial charge in [-0.05, 0) is 36.1 Å². The predicted molar refractivity (Wildman–Crippen MR) is 76.4 cm³/mol. The maximum absolute atomic E-state index is 8.33. The predicted octanol–water partition coefficient (Wildman–Crippen LogP) is 0.851. The van der Waals surface area contributed by atoms with Gasteiger partial charge in [0, 0.05) is 12.4 Å². The second kappa shape index (κ2) is 10.3. The van der Waals surface area contributed by atoms with Gasteiger partial charge in [-0.25, -0.2) is 9.97 Å². The van der Waals surface area contributed by atoms with E-state index in [4.69, 9.17) is 10.2 Å². The molecule has 0 saturated heterocycles. The van der Waals surface area contributed by atoms with Crippen molar-refractivity contribution in [1.29, 1.82) is 0 Å². The Bertz CT molecular complexity index is 547. The molecule has 0 spiro atoms. The third-order valence-corrected chi connectivity index (χ3v) is 1.92. The van der Waals surface area contributed by atoms with Crippen molar-refractivity contribution in [1.82, 2.24) is 9.97 Å². The molecule has 0 unspecified atom stereocenters. The minimum absolute atomic E-state index is 0.115. The van der Waals surface area contributed by atoms with Crippen LogP contribution < -0.4 is 0 Å². The lowest BCUT2D eigenvalue weighted by molar-refractivity contribution is 0.350. The molecule has 0 aliphatic carbocycles. The van der Waals surface area contributed by atoms with Crippen LogP contribution in [0.1, 0.15) is 11.4 Å². The maximum atomic E-state index is 8.33. The molecular formula is C16H14N2O2. The summed E-state index contributed by atoms with van der Waals surface area (Å²) in [4.78, 5) is 7.86. The smallest absolute Gasteiger partial charge is 0.113 e. The third kappa shape index (κ3) is 6.93. The molecule has 2 aromatic heterocycles. The maximum Gasteiger partial charge on any atom is 0.113 e. The van der Waals surface area contributed by atoms with Gasteiger partial charge in [0.15, 0.2) is 0 Å². The van der Waals surface area contributed by atoms with E-state index in [-0.39, 0.29) is 13.2 Å². The van der Waals surface area contributed by atoms with Crippen LogP contribution in [0.2, 0.25) is 0 Å². The molecule has 2 aromatic rings. The van der Waals surface area contributed by atoms with E-state index in [2.05, 4.69) is 33.6 Å². The van der Waals surface area contributed by atoms with Gasteiger partial charge in [0.25, 0.3) is 0 Å². The van der Waals surface area contributed by atoms with Gasteiger partial charge < -0.3 is 10.2 Å². The largest absolute Gasteiger partial charge is 0.384 e. The summed E-state index contributed by atoms with van der Waals surface area (Å²) >= 11 is 0. The minimum Gasteiger partial charge on any atom is -0.384 e. The van der Waals surface area contributed by atoms with Gasteiger partial charge in [0.05, 0.1) is 0 Å². The minimum atomic E-state index is -0.115. The van der Waals surface area contributed by atoms with Crippen LogP contribution in [0.4, 0.5) is 0 Å². The molecule has 100 valence electrons. The Balaban J connectivity index is 0.000000200. The van der Waals surface area contributed by atoms with Crippen molar-refractivity contribution in [3.8, 4) is 23.7 Å². The van der Waals surface area contributed by atoms with Crippen LogP contribution in [0.3, 0.4) is 0 Å². The first-order valence-corrected chi connectivity index (χ1v) is 5.88. The molecule has 2 N–H and O–H groups in total. The zero-order valence-corrected chi connectivity index (χ0v) is 10.8. The van der Waals surface area contributed by atoms with Gasteiger partial charge in [-0.1, -0.05) is 24.0 Å². The number of pyridine rings is 2. The monoisotopic (exact) mass is 266 g/mol. The summed E-state index contributed by atoms with van der Waals surface area (Å²) in [6.45, 7) is -0.229. The van der Waals surface area contributed by atoms with Crippen LogP contribution in [0, 0.1) is 23.7 Å². The van der Waals surface area contributed by atoms with Crippen molar-refractivity contribution in [2.75, 3.05) is 13.2 Å². The highest BCUT2D eigenvalue weighted by atomic mass is 16.3. The van der Waals surface area contributed by atoms with Crippen molar-refractivity contribution in [3.63, 3.8) is 0 Å². The first-order chi connectivity index (χ1) is 9.86. The van der Waals surface area contributed by atoms with Gasteiger partial charge in [-0.15, -0.1) is 0 Å². The van der Waals surface area contributed by atoms with Gasteiger partial charge in [-0.2, -0.15) is 0 Å². The standard InChI is InChI=1S/2C8H7NO/c2*10-7-3-5-8-4-1-2-6-9-8/h2*1-2,4,6,10H,7H2. The topological polar surface area (TPSA) is 66.2 Å². The van der Waals surface area contributed by atoms with E-state index in [0.29, 0.717) is 11.4 Å². The molecule has 0 aromatic carbocycles. The molecular weight excluding hydrogens is 252 g/mol. The Kier molecular flexibility index (Phi) is 7.91. The molecule has 0 saturated carbocycles. The van der Waals surface area contributed by atoms with Crippen molar-refractivity contribution >= 4 is 0 Å². The number of hydrogen-bond donors (Lipinski definition) is 2. The van der Waals surface area contributed by atoms with E-state index in [1.807, 2.05) is 24.3 Å². The number of hydrogen-bond acceptors (Lipinski definition) is 4. The molecule has 0 fully saturated rings. The summed E-state index contributed by atoms with van der Waals surface area (Å²) in [5, 5.41) is 16.7. The number of nitrogens with zero attached hydrogens (tertiary/aromatic N) is 2. The molecule has 0 radical (unpaired) electrons. The first kappa shape index (κ1) is 15.4. The van der Waals surface area contributed by atoms with E-state index in [0.717, 1.165) is 0 Å². The second-order valence-corrected chi connectivity index (χ2v) is 3.35. The highest BCUT2D eigenvalue weighted by Crippen LogP contribution is 1.88. The first-order valence-electron chi connectivity index (χ1n) is 5.88. The average molecular weight is 266 g/mol. The van der Waals surface area contributed by atoms with Gasteiger partial charge in [0.2, 0.25) is 0 Å². The molecule has 2 rings (SSSR count). The van der Waals surface area contributed by atoms with E-state index in [1.165, 1.54) is 0 Å². The molecule has 4 heteroatoms. The van der Waals surface area contributed by atoms with Crippen LogP contribution in [0.15, 0.2) is 48.8 Å². The molecule has 0 aliphatic heterocycles. The molecule has 4 nitrogen and oxygen atoms in total. The van der Waals surface area contributed by atoms with Gasteiger partial charge >= 0.3 is 0 Å². The third-order valence-electron chi connectivity index (χ3n) is 1.92. The highest BCUT2D eigenvalue weighted by Gasteiger charge is 1.81. The summed E-state index contributed by atoms with van der Waals surface area (Å²) < 4.78 is 0. The summed E-state index contributed by atoms with van der Waals surface area (Å²) in [5.41, 5.74) is 1.38. The Morgan fingerprint density at radius 1 is 0.750 bits per heavy atom. The zero-order chi connectivity index (χ0) is 14.5.